The maximum Gasteiger partial charge on any atom is 0.315 e. The molecule has 0 aromatic carbocycles. The van der Waals surface area contributed by atoms with Crippen molar-refractivity contribution < 1.29 is 27.6 Å². The molecule has 0 amide bonds. The summed E-state index contributed by atoms with van der Waals surface area (Å²) in [4.78, 5) is 9.81. The van der Waals surface area contributed by atoms with Crippen LogP contribution in [0.2, 0.25) is 0 Å². The SMILES string of the molecule is CC(O)C#CC(C)(O)CS(=O)(=O)OC=O. The molecule has 0 aromatic heterocycles. The van der Waals surface area contributed by atoms with Crippen LogP contribution in [0.3, 0.4) is 0 Å². The Morgan fingerprint density at radius 3 is 2.53 bits per heavy atom. The molecule has 86 valence electrons. The van der Waals surface area contributed by atoms with Crippen molar-refractivity contribution in [2.24, 2.45) is 0 Å². The highest BCUT2D eigenvalue weighted by atomic mass is 32.2. The number of hydrogen-bond donors (Lipinski definition) is 2. The van der Waals surface area contributed by atoms with E-state index in [2.05, 4.69) is 16.0 Å². The minimum atomic E-state index is -4.14. The van der Waals surface area contributed by atoms with Crippen LogP contribution in [0.5, 0.6) is 0 Å². The highest BCUT2D eigenvalue weighted by molar-refractivity contribution is 7.87. The average Bonchev–Trinajstić information content (AvgIpc) is 1.98. The van der Waals surface area contributed by atoms with Crippen LogP contribution in [0.1, 0.15) is 13.8 Å². The Morgan fingerprint density at radius 1 is 1.60 bits per heavy atom. The van der Waals surface area contributed by atoms with E-state index in [1.165, 1.54) is 6.92 Å². The van der Waals surface area contributed by atoms with E-state index in [1.807, 2.05) is 0 Å². The lowest BCUT2D eigenvalue weighted by atomic mass is 10.1. The lowest BCUT2D eigenvalue weighted by molar-refractivity contribution is -0.120. The van der Waals surface area contributed by atoms with Crippen molar-refractivity contribution in [1.29, 1.82) is 0 Å². The smallest absolute Gasteiger partial charge is 0.315 e. The third-order valence-corrected chi connectivity index (χ3v) is 2.48. The number of hydrogen-bond acceptors (Lipinski definition) is 6. The third-order valence-electron chi connectivity index (χ3n) is 1.19. The van der Waals surface area contributed by atoms with Crippen LogP contribution < -0.4 is 0 Å². The highest BCUT2D eigenvalue weighted by Crippen LogP contribution is 2.07. The number of aliphatic hydroxyl groups is 2. The molecule has 0 saturated heterocycles. The van der Waals surface area contributed by atoms with Crippen LogP contribution in [-0.2, 0) is 19.1 Å². The van der Waals surface area contributed by atoms with Gasteiger partial charge in [0.15, 0.2) is 0 Å². The quantitative estimate of drug-likeness (QED) is 0.354. The molecule has 2 atom stereocenters. The highest BCUT2D eigenvalue weighted by Gasteiger charge is 2.27. The van der Waals surface area contributed by atoms with Crippen molar-refractivity contribution in [3.8, 4) is 11.8 Å². The summed E-state index contributed by atoms with van der Waals surface area (Å²) < 4.78 is 25.7. The molecular weight excluding hydrogens is 224 g/mol. The number of carbonyl (C=O) groups is 1. The van der Waals surface area contributed by atoms with Crippen molar-refractivity contribution in [3.63, 3.8) is 0 Å². The molecule has 0 aliphatic rings. The average molecular weight is 236 g/mol. The van der Waals surface area contributed by atoms with E-state index in [1.54, 1.807) is 0 Å². The largest absolute Gasteiger partial charge is 0.381 e. The summed E-state index contributed by atoms with van der Waals surface area (Å²) in [5.41, 5.74) is -1.88. The van der Waals surface area contributed by atoms with Gasteiger partial charge in [-0.05, 0) is 13.8 Å². The Hall–Kier alpha value is -1.10. The van der Waals surface area contributed by atoms with Gasteiger partial charge in [0.1, 0.15) is 17.5 Å². The Balaban J connectivity index is 4.67. The Bertz CT molecular complexity index is 370. The summed E-state index contributed by atoms with van der Waals surface area (Å²) in [6, 6.07) is 0. The first-order valence-electron chi connectivity index (χ1n) is 3.96. The predicted molar refractivity (Wildman–Crippen MR) is 51.0 cm³/mol. The summed E-state index contributed by atoms with van der Waals surface area (Å²) in [5.74, 6) is 3.50. The zero-order valence-electron chi connectivity index (χ0n) is 8.30. The van der Waals surface area contributed by atoms with E-state index in [-0.39, 0.29) is 6.47 Å². The maximum atomic E-state index is 10.9. The summed E-state index contributed by atoms with van der Waals surface area (Å²) >= 11 is 0. The molecule has 15 heavy (non-hydrogen) atoms. The number of carbonyl (C=O) groups excluding carboxylic acids is 1. The van der Waals surface area contributed by atoms with Gasteiger partial charge in [0.25, 0.3) is 0 Å². The zero-order valence-corrected chi connectivity index (χ0v) is 9.11. The Morgan fingerprint density at radius 2 is 2.13 bits per heavy atom. The van der Waals surface area contributed by atoms with E-state index in [9.17, 15) is 18.3 Å². The first-order valence-corrected chi connectivity index (χ1v) is 5.54. The second kappa shape index (κ2) is 5.11. The second-order valence-corrected chi connectivity index (χ2v) is 4.71. The standard InChI is InChI=1S/C8H12O6S/c1-7(10)3-4-8(2,11)5-15(12,13)14-6-9/h6-7,10-11H,5H2,1-2H3. The monoisotopic (exact) mass is 236 g/mol. The van der Waals surface area contributed by atoms with Gasteiger partial charge in [-0.25, -0.2) is 0 Å². The molecule has 0 heterocycles. The fourth-order valence-electron chi connectivity index (χ4n) is 0.734. The molecule has 0 aliphatic carbocycles. The normalized spacial score (nSPS) is 16.8. The van der Waals surface area contributed by atoms with Gasteiger partial charge < -0.3 is 14.4 Å². The molecule has 0 aliphatic heterocycles. The first kappa shape index (κ1) is 13.9. The topological polar surface area (TPSA) is 101 Å². The van der Waals surface area contributed by atoms with Crippen LogP contribution in [0.4, 0.5) is 0 Å². The lowest BCUT2D eigenvalue weighted by Gasteiger charge is -2.14. The van der Waals surface area contributed by atoms with Gasteiger partial charge in [0, 0.05) is 0 Å². The van der Waals surface area contributed by atoms with Crippen molar-refractivity contribution in [2.45, 2.75) is 25.6 Å². The number of rotatable bonds is 4. The van der Waals surface area contributed by atoms with Crippen LogP contribution in [0, 0.1) is 11.8 Å². The molecule has 0 bridgehead atoms. The minimum Gasteiger partial charge on any atom is -0.381 e. The van der Waals surface area contributed by atoms with Gasteiger partial charge in [-0.2, -0.15) is 8.42 Å². The van der Waals surface area contributed by atoms with Crippen molar-refractivity contribution in [1.82, 2.24) is 0 Å². The zero-order chi connectivity index (χ0) is 12.1. The van der Waals surface area contributed by atoms with E-state index >= 15 is 0 Å². The van der Waals surface area contributed by atoms with Crippen molar-refractivity contribution in [2.75, 3.05) is 5.75 Å². The third kappa shape index (κ3) is 6.90. The van der Waals surface area contributed by atoms with E-state index in [0.29, 0.717) is 0 Å². The van der Waals surface area contributed by atoms with Crippen LogP contribution in [-0.4, -0.2) is 42.6 Å². The molecule has 0 fully saturated rings. The summed E-state index contributed by atoms with van der Waals surface area (Å²) in [6.45, 7) is 2.25. The van der Waals surface area contributed by atoms with E-state index < -0.39 is 27.6 Å². The molecule has 0 aromatic rings. The molecular formula is C8H12O6S. The van der Waals surface area contributed by atoms with Crippen molar-refractivity contribution in [3.05, 3.63) is 0 Å². The second-order valence-electron chi connectivity index (χ2n) is 3.11. The van der Waals surface area contributed by atoms with E-state index in [4.69, 9.17) is 5.11 Å². The molecule has 0 saturated carbocycles. The van der Waals surface area contributed by atoms with Gasteiger partial charge in [-0.3, -0.25) is 4.79 Å². The van der Waals surface area contributed by atoms with Crippen molar-refractivity contribution >= 4 is 16.6 Å². The van der Waals surface area contributed by atoms with Gasteiger partial charge in [-0.1, -0.05) is 11.8 Å². The molecule has 0 rings (SSSR count). The van der Waals surface area contributed by atoms with E-state index in [0.717, 1.165) is 6.92 Å². The number of aliphatic hydroxyl groups excluding tert-OH is 1. The summed E-state index contributed by atoms with van der Waals surface area (Å²) in [7, 11) is -4.14. The molecule has 2 unspecified atom stereocenters. The lowest BCUT2D eigenvalue weighted by Crippen LogP contribution is -2.33. The molecule has 7 heteroatoms. The summed E-state index contributed by atoms with van der Waals surface area (Å²) in [6.07, 6.45) is -0.980. The summed E-state index contributed by atoms with van der Waals surface area (Å²) in [5, 5.41) is 18.3. The Kier molecular flexibility index (Phi) is 4.74. The van der Waals surface area contributed by atoms with Crippen LogP contribution in [0.15, 0.2) is 0 Å². The first-order chi connectivity index (χ1) is 6.68. The van der Waals surface area contributed by atoms with Crippen LogP contribution in [0.25, 0.3) is 0 Å². The Labute approximate surface area is 88.0 Å². The maximum absolute atomic E-state index is 10.9. The fraction of sp³-hybridized carbons (Fsp3) is 0.625. The van der Waals surface area contributed by atoms with Gasteiger partial charge in [0.05, 0.1) is 0 Å². The molecule has 0 radical (unpaired) electrons. The fourth-order valence-corrected chi connectivity index (χ4v) is 1.68. The van der Waals surface area contributed by atoms with Gasteiger partial charge >= 0.3 is 16.6 Å². The van der Waals surface area contributed by atoms with Gasteiger partial charge in [0.2, 0.25) is 0 Å². The molecule has 6 nitrogen and oxygen atoms in total. The molecule has 2 N–H and O–H groups in total. The van der Waals surface area contributed by atoms with Gasteiger partial charge in [-0.15, -0.1) is 0 Å². The molecule has 0 spiro atoms. The minimum absolute atomic E-state index is 0.243. The predicted octanol–water partition coefficient (Wildman–Crippen LogP) is -1.38. The van der Waals surface area contributed by atoms with Crippen LogP contribution >= 0.6 is 0 Å².